The van der Waals surface area contributed by atoms with Crippen LogP contribution in [0.15, 0.2) is 30.3 Å². The molecule has 0 aliphatic heterocycles. The molecule has 0 heterocycles. The van der Waals surface area contributed by atoms with Crippen LogP contribution in [0.2, 0.25) is 0 Å². The highest BCUT2D eigenvalue weighted by Gasteiger charge is 2.39. The zero-order valence-corrected chi connectivity index (χ0v) is 10.4. The van der Waals surface area contributed by atoms with Crippen molar-refractivity contribution >= 4 is 23.6 Å². The predicted octanol–water partition coefficient (Wildman–Crippen LogP) is 1.50. The smallest absolute Gasteiger partial charge is 0.319 e. The summed E-state index contributed by atoms with van der Waals surface area (Å²) in [7, 11) is 0. The molecule has 0 unspecified atom stereocenters. The topological polar surface area (TPSA) is 80.4 Å². The van der Waals surface area contributed by atoms with E-state index in [0.717, 1.165) is 5.56 Å². The molecule has 0 fully saturated rings. The van der Waals surface area contributed by atoms with E-state index in [4.69, 9.17) is 10.8 Å². The largest absolute Gasteiger partial charge is 0.480 e. The van der Waals surface area contributed by atoms with Crippen LogP contribution in [0.3, 0.4) is 0 Å². The van der Waals surface area contributed by atoms with Crippen molar-refractivity contribution in [2.45, 2.75) is 12.7 Å². The van der Waals surface area contributed by atoms with E-state index in [1.165, 1.54) is 18.7 Å². The number of primary amides is 1. The Hall–Kier alpha value is -1.49. The molecule has 3 N–H and O–H groups in total. The lowest BCUT2D eigenvalue weighted by molar-refractivity contribution is -0.151. The van der Waals surface area contributed by atoms with Gasteiger partial charge in [0.2, 0.25) is 5.91 Å². The highest BCUT2D eigenvalue weighted by Crippen LogP contribution is 2.25. The van der Waals surface area contributed by atoms with E-state index >= 15 is 0 Å². The van der Waals surface area contributed by atoms with E-state index in [2.05, 4.69) is 0 Å². The van der Waals surface area contributed by atoms with Gasteiger partial charge in [0.1, 0.15) is 0 Å². The van der Waals surface area contributed by atoms with Crippen LogP contribution in [0.5, 0.6) is 0 Å². The second-order valence-electron chi connectivity index (χ2n) is 3.98. The first-order valence-electron chi connectivity index (χ1n) is 5.12. The van der Waals surface area contributed by atoms with Gasteiger partial charge >= 0.3 is 5.97 Å². The molecule has 17 heavy (non-hydrogen) atoms. The minimum atomic E-state index is -1.50. The lowest BCUT2D eigenvalue weighted by Gasteiger charge is -2.20. The van der Waals surface area contributed by atoms with Crippen molar-refractivity contribution in [2.24, 2.45) is 11.1 Å². The Bertz CT molecular complexity index is 391. The first-order chi connectivity index (χ1) is 7.97. The number of hydrogen-bond acceptors (Lipinski definition) is 3. The highest BCUT2D eigenvalue weighted by molar-refractivity contribution is 7.98. The molecule has 4 nitrogen and oxygen atoms in total. The predicted molar refractivity (Wildman–Crippen MR) is 67.5 cm³/mol. The molecule has 0 aliphatic carbocycles. The molecule has 5 heteroatoms. The number of thioether (sulfide) groups is 1. The summed E-state index contributed by atoms with van der Waals surface area (Å²) < 4.78 is 0. The third-order valence-corrected chi connectivity index (χ3v) is 3.84. The highest BCUT2D eigenvalue weighted by atomic mass is 32.2. The van der Waals surface area contributed by atoms with Gasteiger partial charge in [0.25, 0.3) is 0 Å². The zero-order valence-electron chi connectivity index (χ0n) is 9.55. The van der Waals surface area contributed by atoms with E-state index in [1.54, 1.807) is 0 Å². The molecule has 0 saturated heterocycles. The van der Waals surface area contributed by atoms with Gasteiger partial charge in [-0.1, -0.05) is 30.3 Å². The van der Waals surface area contributed by atoms with E-state index < -0.39 is 17.3 Å². The number of rotatable bonds is 6. The van der Waals surface area contributed by atoms with Crippen molar-refractivity contribution in [3.63, 3.8) is 0 Å². The number of carbonyl (C=O) groups is 2. The molecule has 0 spiro atoms. The average Bonchev–Trinajstić information content (AvgIpc) is 2.29. The SMILES string of the molecule is C[C@@](CSCc1ccccc1)(C(N)=O)C(=O)O. The monoisotopic (exact) mass is 253 g/mol. The Labute approximate surface area is 104 Å². The maximum atomic E-state index is 11.1. The molecule has 92 valence electrons. The molecule has 0 radical (unpaired) electrons. The second kappa shape index (κ2) is 5.72. The first kappa shape index (κ1) is 13.6. The van der Waals surface area contributed by atoms with Gasteiger partial charge in [0.05, 0.1) is 0 Å². The third kappa shape index (κ3) is 3.49. The molecule has 0 saturated carbocycles. The molecule has 1 rings (SSSR count). The van der Waals surface area contributed by atoms with E-state index in [0.29, 0.717) is 5.75 Å². The van der Waals surface area contributed by atoms with Gasteiger partial charge in [-0.3, -0.25) is 9.59 Å². The lowest BCUT2D eigenvalue weighted by Crippen LogP contribution is -2.43. The van der Waals surface area contributed by atoms with Gasteiger partial charge in [0, 0.05) is 11.5 Å². The van der Waals surface area contributed by atoms with Crippen LogP contribution >= 0.6 is 11.8 Å². The van der Waals surface area contributed by atoms with Crippen LogP contribution in [0.1, 0.15) is 12.5 Å². The standard InChI is InChI=1S/C12H15NO3S/c1-12(10(13)14,11(15)16)8-17-7-9-5-3-2-4-6-9/h2-6H,7-8H2,1H3,(H2,13,14)(H,15,16)/t12-/m1/s1. The van der Waals surface area contributed by atoms with Gasteiger partial charge in [0.15, 0.2) is 5.41 Å². The zero-order chi connectivity index (χ0) is 12.9. The van der Waals surface area contributed by atoms with Crippen LogP contribution < -0.4 is 5.73 Å². The molecule has 0 bridgehead atoms. The molecular weight excluding hydrogens is 238 g/mol. The number of carbonyl (C=O) groups excluding carboxylic acids is 1. The summed E-state index contributed by atoms with van der Waals surface area (Å²) in [4.78, 5) is 22.1. The summed E-state index contributed by atoms with van der Waals surface area (Å²) in [5.41, 5.74) is 4.71. The van der Waals surface area contributed by atoms with Crippen molar-refractivity contribution in [1.82, 2.24) is 0 Å². The molecule has 1 amide bonds. The maximum Gasteiger partial charge on any atom is 0.319 e. The third-order valence-electron chi connectivity index (χ3n) is 2.52. The Balaban J connectivity index is 2.55. The van der Waals surface area contributed by atoms with Crippen LogP contribution in [0, 0.1) is 5.41 Å². The summed E-state index contributed by atoms with van der Waals surface area (Å²) >= 11 is 1.39. The summed E-state index contributed by atoms with van der Waals surface area (Å²) in [6.45, 7) is 1.36. The number of carboxylic acid groups (broad SMARTS) is 1. The van der Waals surface area contributed by atoms with Crippen LogP contribution in [-0.4, -0.2) is 22.7 Å². The van der Waals surface area contributed by atoms with Crippen molar-refractivity contribution in [3.8, 4) is 0 Å². The van der Waals surface area contributed by atoms with Crippen molar-refractivity contribution in [2.75, 3.05) is 5.75 Å². The Kier molecular flexibility index (Phi) is 4.57. The van der Waals surface area contributed by atoms with Gasteiger partial charge in [-0.05, 0) is 12.5 Å². The molecule has 1 aromatic carbocycles. The fourth-order valence-corrected chi connectivity index (χ4v) is 2.39. The van der Waals surface area contributed by atoms with E-state index in [-0.39, 0.29) is 5.75 Å². The van der Waals surface area contributed by atoms with Gasteiger partial charge in [-0.15, -0.1) is 0 Å². The fraction of sp³-hybridized carbons (Fsp3) is 0.333. The number of benzene rings is 1. The Morgan fingerprint density at radius 3 is 2.41 bits per heavy atom. The summed E-state index contributed by atoms with van der Waals surface area (Å²) in [6, 6.07) is 9.66. The van der Waals surface area contributed by atoms with Crippen molar-refractivity contribution in [1.29, 1.82) is 0 Å². The summed E-state index contributed by atoms with van der Waals surface area (Å²) in [5.74, 6) is -1.14. The fourth-order valence-electron chi connectivity index (χ4n) is 1.19. The number of hydrogen-bond donors (Lipinski definition) is 2. The number of nitrogens with two attached hydrogens (primary N) is 1. The minimum Gasteiger partial charge on any atom is -0.480 e. The van der Waals surface area contributed by atoms with Gasteiger partial charge in [-0.2, -0.15) is 11.8 Å². The molecule has 1 aromatic rings. The van der Waals surface area contributed by atoms with E-state index in [9.17, 15) is 9.59 Å². The van der Waals surface area contributed by atoms with Crippen molar-refractivity contribution in [3.05, 3.63) is 35.9 Å². The second-order valence-corrected chi connectivity index (χ2v) is 4.97. The van der Waals surface area contributed by atoms with Gasteiger partial charge < -0.3 is 10.8 Å². The van der Waals surface area contributed by atoms with Gasteiger partial charge in [-0.25, -0.2) is 0 Å². The molecule has 0 aliphatic rings. The lowest BCUT2D eigenvalue weighted by atomic mass is 9.93. The van der Waals surface area contributed by atoms with E-state index in [1.807, 2.05) is 30.3 Å². The average molecular weight is 253 g/mol. The minimum absolute atomic E-state index is 0.173. The molecular formula is C12H15NO3S. The first-order valence-corrected chi connectivity index (χ1v) is 6.27. The van der Waals surface area contributed by atoms with Crippen LogP contribution in [-0.2, 0) is 15.3 Å². The van der Waals surface area contributed by atoms with Crippen molar-refractivity contribution < 1.29 is 14.7 Å². The summed E-state index contributed by atoms with van der Waals surface area (Å²) in [6.07, 6.45) is 0. The maximum absolute atomic E-state index is 11.1. The molecule has 0 aromatic heterocycles. The van der Waals surface area contributed by atoms with Crippen LogP contribution in [0.25, 0.3) is 0 Å². The quantitative estimate of drug-likeness (QED) is 0.753. The Morgan fingerprint density at radius 2 is 1.94 bits per heavy atom. The summed E-state index contributed by atoms with van der Waals surface area (Å²) in [5, 5.41) is 8.99. The van der Waals surface area contributed by atoms with Crippen LogP contribution in [0.4, 0.5) is 0 Å². The number of carboxylic acids is 1. The number of aliphatic carboxylic acids is 1. The Morgan fingerprint density at radius 1 is 1.35 bits per heavy atom. The number of amides is 1. The normalized spacial score (nSPS) is 13.9. The molecule has 1 atom stereocenters.